The molecule has 1 amide bonds. The van der Waals surface area contributed by atoms with Crippen LogP contribution in [0.2, 0.25) is 0 Å². The van der Waals surface area contributed by atoms with Crippen molar-refractivity contribution < 1.29 is 31.1 Å². The molecule has 5 rings (SSSR count). The van der Waals surface area contributed by atoms with E-state index in [1.807, 2.05) is 0 Å². The van der Waals surface area contributed by atoms with Crippen molar-refractivity contribution in [2.24, 2.45) is 11.3 Å². The molecule has 1 spiro atoms. The summed E-state index contributed by atoms with van der Waals surface area (Å²) in [6.07, 6.45) is 1.19. The quantitative estimate of drug-likeness (QED) is 0.613. The van der Waals surface area contributed by atoms with Crippen molar-refractivity contribution in [1.29, 1.82) is 0 Å². The zero-order valence-corrected chi connectivity index (χ0v) is 21.5. The molecule has 1 aromatic rings. The Balaban J connectivity index is 1.40. The Labute approximate surface area is 210 Å². The molecular weight excluding hydrogens is 495 g/mol. The van der Waals surface area contributed by atoms with Crippen LogP contribution in [0.3, 0.4) is 0 Å². The van der Waals surface area contributed by atoms with Crippen LogP contribution in [0.15, 0.2) is 12.1 Å². The lowest BCUT2D eigenvalue weighted by molar-refractivity contribution is -0.137. The zero-order valence-electron chi connectivity index (χ0n) is 20.7. The van der Waals surface area contributed by atoms with Crippen molar-refractivity contribution in [2.75, 3.05) is 19.5 Å². The molecule has 7 nitrogen and oxygen atoms in total. The maximum Gasteiger partial charge on any atom is 0.416 e. The van der Waals surface area contributed by atoms with Gasteiger partial charge in [0.25, 0.3) is 0 Å². The summed E-state index contributed by atoms with van der Waals surface area (Å²) in [7, 11) is -3.58. The van der Waals surface area contributed by atoms with Crippen LogP contribution in [0.4, 0.5) is 13.2 Å². The van der Waals surface area contributed by atoms with Gasteiger partial charge in [0.15, 0.2) is 0 Å². The van der Waals surface area contributed by atoms with Crippen LogP contribution in [0.1, 0.15) is 61.3 Å². The van der Waals surface area contributed by atoms with Gasteiger partial charge in [0.1, 0.15) is 0 Å². The van der Waals surface area contributed by atoms with E-state index in [9.17, 15) is 26.4 Å². The van der Waals surface area contributed by atoms with Gasteiger partial charge in [-0.2, -0.15) is 13.2 Å². The van der Waals surface area contributed by atoms with Crippen LogP contribution in [-0.4, -0.2) is 56.8 Å². The van der Waals surface area contributed by atoms with Gasteiger partial charge in [-0.15, -0.1) is 0 Å². The van der Waals surface area contributed by atoms with Crippen LogP contribution >= 0.6 is 0 Å². The molecule has 2 saturated heterocycles. The predicted octanol–water partition coefficient (Wildman–Crippen LogP) is 2.97. The van der Waals surface area contributed by atoms with Crippen LogP contribution in [0.25, 0.3) is 0 Å². The van der Waals surface area contributed by atoms with Crippen molar-refractivity contribution >= 4 is 15.9 Å². The molecule has 200 valence electrons. The van der Waals surface area contributed by atoms with E-state index in [4.69, 9.17) is 4.74 Å². The Bertz CT molecular complexity index is 1140. The molecular formula is C25H34F3N3O4S. The lowest BCUT2D eigenvalue weighted by atomic mass is 9.73. The number of amides is 1. The first-order valence-corrected chi connectivity index (χ1v) is 14.6. The molecule has 3 heterocycles. The highest BCUT2D eigenvalue weighted by atomic mass is 32.2. The number of nitrogens with zero attached hydrogens (tertiary/aromatic N) is 1. The van der Waals surface area contributed by atoms with Crippen LogP contribution < -0.4 is 10.0 Å². The molecule has 1 aromatic carbocycles. The summed E-state index contributed by atoms with van der Waals surface area (Å²) in [5, 5.41) is 3.73. The third kappa shape index (κ3) is 4.79. The van der Waals surface area contributed by atoms with Gasteiger partial charge in [-0.3, -0.25) is 4.79 Å². The largest absolute Gasteiger partial charge is 0.416 e. The highest BCUT2D eigenvalue weighted by molar-refractivity contribution is 7.88. The lowest BCUT2D eigenvalue weighted by Gasteiger charge is -2.35. The van der Waals surface area contributed by atoms with Crippen molar-refractivity contribution in [3.05, 3.63) is 34.4 Å². The maximum absolute atomic E-state index is 13.8. The monoisotopic (exact) mass is 529 g/mol. The number of ether oxygens (including phenoxy) is 1. The fraction of sp³-hybridized carbons (Fsp3) is 0.720. The molecule has 4 atom stereocenters. The second-order valence-corrected chi connectivity index (χ2v) is 12.8. The molecule has 3 fully saturated rings. The Morgan fingerprint density at radius 2 is 1.89 bits per heavy atom. The van der Waals surface area contributed by atoms with E-state index in [1.54, 1.807) is 4.90 Å². The Morgan fingerprint density at radius 1 is 1.17 bits per heavy atom. The number of fused-ring (bicyclic) bond motifs is 2. The van der Waals surface area contributed by atoms with Crippen molar-refractivity contribution in [2.45, 2.75) is 82.8 Å². The van der Waals surface area contributed by atoms with E-state index in [-0.39, 0.29) is 37.0 Å². The normalized spacial score (nSPS) is 31.2. The number of benzene rings is 1. The summed E-state index contributed by atoms with van der Waals surface area (Å²) < 4.78 is 72.1. The van der Waals surface area contributed by atoms with Gasteiger partial charge in [-0.05, 0) is 73.3 Å². The summed E-state index contributed by atoms with van der Waals surface area (Å²) in [4.78, 5) is 15.6. The summed E-state index contributed by atoms with van der Waals surface area (Å²) in [6, 6.07) is 2.70. The number of alkyl halides is 3. The third-order valence-corrected chi connectivity index (χ3v) is 9.49. The topological polar surface area (TPSA) is 87.7 Å². The lowest BCUT2D eigenvalue weighted by Crippen LogP contribution is -2.42. The van der Waals surface area contributed by atoms with Crippen molar-refractivity contribution in [3.8, 4) is 0 Å². The minimum Gasteiger partial charge on any atom is -0.381 e. The highest BCUT2D eigenvalue weighted by Gasteiger charge is 2.60. The molecule has 11 heteroatoms. The van der Waals surface area contributed by atoms with Gasteiger partial charge in [-0.1, -0.05) is 6.92 Å². The van der Waals surface area contributed by atoms with Gasteiger partial charge in [0, 0.05) is 44.4 Å². The average Bonchev–Trinajstić information content (AvgIpc) is 3.32. The molecule has 36 heavy (non-hydrogen) atoms. The molecule has 2 N–H and O–H groups in total. The number of nitrogens with one attached hydrogen (secondary N) is 2. The highest BCUT2D eigenvalue weighted by Crippen LogP contribution is 2.55. The zero-order chi connectivity index (χ0) is 25.9. The average molecular weight is 530 g/mol. The van der Waals surface area contributed by atoms with Gasteiger partial charge >= 0.3 is 6.18 Å². The number of rotatable bonds is 5. The summed E-state index contributed by atoms with van der Waals surface area (Å²) in [5.74, 6) is 0.104. The first-order chi connectivity index (χ1) is 16.9. The Kier molecular flexibility index (Phi) is 6.67. The van der Waals surface area contributed by atoms with Crippen molar-refractivity contribution in [1.82, 2.24) is 14.9 Å². The predicted molar refractivity (Wildman–Crippen MR) is 127 cm³/mol. The fourth-order valence-corrected chi connectivity index (χ4v) is 7.31. The van der Waals surface area contributed by atoms with Crippen LogP contribution in [-0.2, 0) is 45.2 Å². The molecule has 3 aliphatic heterocycles. The number of hydrogen-bond donors (Lipinski definition) is 2. The molecule has 0 radical (unpaired) electrons. The first-order valence-electron chi connectivity index (χ1n) is 12.7. The van der Waals surface area contributed by atoms with Crippen molar-refractivity contribution in [3.63, 3.8) is 0 Å². The van der Waals surface area contributed by atoms with E-state index >= 15 is 0 Å². The summed E-state index contributed by atoms with van der Waals surface area (Å²) in [5.41, 5.74) is 0.191. The number of halogens is 3. The molecule has 0 bridgehead atoms. The smallest absolute Gasteiger partial charge is 0.381 e. The SMILES string of the molecule is CC1C2Cc3c(CNS(C)(=O)=O)cc(C(F)(F)F)cc3CN2C(=O)[C@]12CC[C@@H](NC1CCOCC1)C2. The molecule has 4 aliphatic rings. The van der Waals surface area contributed by atoms with Crippen LogP contribution in [0, 0.1) is 11.3 Å². The van der Waals surface area contributed by atoms with E-state index in [1.165, 1.54) is 0 Å². The molecule has 2 unspecified atom stereocenters. The van der Waals surface area contributed by atoms with Gasteiger partial charge in [0.05, 0.1) is 17.2 Å². The van der Waals surface area contributed by atoms with Gasteiger partial charge in [-0.25, -0.2) is 13.1 Å². The Hall–Kier alpha value is -1.69. The minimum atomic E-state index is -4.57. The molecule has 1 aliphatic carbocycles. The van der Waals surface area contributed by atoms with E-state index in [0.717, 1.165) is 69.3 Å². The number of carbonyl (C=O) groups is 1. The van der Waals surface area contributed by atoms with Crippen LogP contribution in [0.5, 0.6) is 0 Å². The number of sulfonamides is 1. The number of hydrogen-bond acceptors (Lipinski definition) is 5. The maximum atomic E-state index is 13.8. The number of carbonyl (C=O) groups excluding carboxylic acids is 1. The standard InChI is InChI=1S/C25H34F3N3O4S/c1-15-22-11-21-16(13-29-36(2,33)34)9-18(25(26,27)28)10-17(21)14-31(22)23(32)24(15)6-3-20(12-24)30-19-4-7-35-8-5-19/h9-10,15,19-20,22,29-30H,3-8,11-14H2,1-2H3/t15?,20-,22?,24+/m1/s1. The summed E-state index contributed by atoms with van der Waals surface area (Å²) in [6.45, 7) is 3.51. The molecule has 0 aromatic heterocycles. The second kappa shape index (κ2) is 9.25. The van der Waals surface area contributed by atoms with E-state index in [0.29, 0.717) is 23.6 Å². The fourth-order valence-electron chi connectivity index (χ4n) is 6.89. The van der Waals surface area contributed by atoms with Gasteiger partial charge < -0.3 is 15.0 Å². The molecule has 1 saturated carbocycles. The second-order valence-electron chi connectivity index (χ2n) is 11.0. The van der Waals surface area contributed by atoms with E-state index in [2.05, 4.69) is 17.0 Å². The van der Waals surface area contributed by atoms with E-state index < -0.39 is 27.2 Å². The third-order valence-electron chi connectivity index (χ3n) is 8.82. The van der Waals surface area contributed by atoms with Gasteiger partial charge in [0.2, 0.25) is 15.9 Å². The minimum absolute atomic E-state index is 0.0511. The summed E-state index contributed by atoms with van der Waals surface area (Å²) >= 11 is 0. The Morgan fingerprint density at radius 3 is 2.56 bits per heavy atom. The first kappa shape index (κ1) is 25.9.